The summed E-state index contributed by atoms with van der Waals surface area (Å²) >= 11 is 0. The topological polar surface area (TPSA) is 12.9 Å². The van der Waals surface area contributed by atoms with Crippen LogP contribution >= 0.6 is 0 Å². The third-order valence-corrected chi connectivity index (χ3v) is 8.08. The standard InChI is InChI=1S/C39H25N/c1-2-13-27(14-3-1)30-16-6-7-17-31(30)38-33-19-9-8-18-32(33)37(29-23-22-26-12-4-5-15-28(26)24-29)39-34-20-10-11-21-36(34)40-25-35(38)39/h1-25H. The number of fused-ring (bicyclic) bond motifs is 5. The van der Waals surface area contributed by atoms with E-state index in [1.807, 2.05) is 0 Å². The molecule has 0 aliphatic rings. The van der Waals surface area contributed by atoms with E-state index in [2.05, 4.69) is 152 Å². The van der Waals surface area contributed by atoms with E-state index in [9.17, 15) is 0 Å². The van der Waals surface area contributed by atoms with Gasteiger partial charge in [-0.3, -0.25) is 4.98 Å². The Bertz CT molecular complexity index is 2210. The molecule has 0 bridgehead atoms. The van der Waals surface area contributed by atoms with Gasteiger partial charge in [-0.2, -0.15) is 0 Å². The Morgan fingerprint density at radius 3 is 1.82 bits per heavy atom. The molecule has 0 fully saturated rings. The lowest BCUT2D eigenvalue weighted by molar-refractivity contribution is 1.45. The molecule has 0 atom stereocenters. The van der Waals surface area contributed by atoms with Gasteiger partial charge >= 0.3 is 0 Å². The van der Waals surface area contributed by atoms with Gasteiger partial charge < -0.3 is 0 Å². The largest absolute Gasteiger partial charge is 0.256 e. The molecule has 0 saturated heterocycles. The molecule has 0 unspecified atom stereocenters. The SMILES string of the molecule is c1ccc(-c2ccccc2-c2c3ccccc3c(-c3ccc4ccccc4c3)c3c2cnc2ccccc23)cc1. The minimum absolute atomic E-state index is 1.01. The van der Waals surface area contributed by atoms with Gasteiger partial charge in [0, 0.05) is 22.4 Å². The quantitative estimate of drug-likeness (QED) is 0.171. The van der Waals surface area contributed by atoms with E-state index in [4.69, 9.17) is 4.98 Å². The molecule has 186 valence electrons. The molecule has 1 nitrogen and oxygen atoms in total. The third kappa shape index (κ3) is 3.52. The molecule has 0 N–H and O–H groups in total. The highest BCUT2D eigenvalue weighted by atomic mass is 14.7. The first-order chi connectivity index (χ1) is 19.9. The predicted molar refractivity (Wildman–Crippen MR) is 171 cm³/mol. The molecule has 0 aliphatic carbocycles. The highest BCUT2D eigenvalue weighted by molar-refractivity contribution is 6.28. The maximum atomic E-state index is 4.99. The van der Waals surface area contributed by atoms with Crippen LogP contribution in [0.4, 0.5) is 0 Å². The molecule has 0 amide bonds. The second-order valence-corrected chi connectivity index (χ2v) is 10.3. The molecule has 1 aromatic heterocycles. The van der Waals surface area contributed by atoms with E-state index in [1.54, 1.807) is 0 Å². The number of hydrogen-bond acceptors (Lipinski definition) is 1. The van der Waals surface area contributed by atoms with Crippen molar-refractivity contribution in [3.63, 3.8) is 0 Å². The Morgan fingerprint density at radius 1 is 0.375 bits per heavy atom. The van der Waals surface area contributed by atoms with Crippen molar-refractivity contribution in [1.29, 1.82) is 0 Å². The minimum Gasteiger partial charge on any atom is -0.256 e. The van der Waals surface area contributed by atoms with E-state index < -0.39 is 0 Å². The van der Waals surface area contributed by atoms with E-state index in [1.165, 1.54) is 71.1 Å². The summed E-state index contributed by atoms with van der Waals surface area (Å²) in [6.07, 6.45) is 2.09. The van der Waals surface area contributed by atoms with Gasteiger partial charge in [0.2, 0.25) is 0 Å². The van der Waals surface area contributed by atoms with Crippen LogP contribution in [0.3, 0.4) is 0 Å². The van der Waals surface area contributed by atoms with Crippen molar-refractivity contribution in [1.82, 2.24) is 4.98 Å². The number of para-hydroxylation sites is 1. The van der Waals surface area contributed by atoms with Gasteiger partial charge in [-0.1, -0.05) is 133 Å². The molecular weight excluding hydrogens is 482 g/mol. The molecule has 8 aromatic rings. The van der Waals surface area contributed by atoms with Crippen molar-refractivity contribution in [3.8, 4) is 33.4 Å². The first-order valence-electron chi connectivity index (χ1n) is 13.7. The Hall–Kier alpha value is -5.27. The first-order valence-corrected chi connectivity index (χ1v) is 13.7. The summed E-state index contributed by atoms with van der Waals surface area (Å²) in [4.78, 5) is 4.99. The normalized spacial score (nSPS) is 11.5. The molecule has 0 spiro atoms. The Labute approximate surface area is 233 Å². The van der Waals surface area contributed by atoms with Crippen LogP contribution in [0.2, 0.25) is 0 Å². The lowest BCUT2D eigenvalue weighted by Crippen LogP contribution is -1.94. The highest BCUT2D eigenvalue weighted by Gasteiger charge is 2.21. The average Bonchev–Trinajstić information content (AvgIpc) is 3.03. The fourth-order valence-electron chi connectivity index (χ4n) is 6.30. The zero-order valence-electron chi connectivity index (χ0n) is 21.9. The van der Waals surface area contributed by atoms with Crippen molar-refractivity contribution >= 4 is 43.2 Å². The van der Waals surface area contributed by atoms with Gasteiger partial charge in [0.05, 0.1) is 5.52 Å². The first kappa shape index (κ1) is 22.7. The molecule has 7 aromatic carbocycles. The fraction of sp³-hybridized carbons (Fsp3) is 0. The number of rotatable bonds is 3. The number of aromatic nitrogens is 1. The Balaban J connectivity index is 1.58. The van der Waals surface area contributed by atoms with Gasteiger partial charge in [-0.15, -0.1) is 0 Å². The van der Waals surface area contributed by atoms with Crippen LogP contribution in [0.1, 0.15) is 0 Å². The summed E-state index contributed by atoms with van der Waals surface area (Å²) in [6.45, 7) is 0. The van der Waals surface area contributed by atoms with Gasteiger partial charge in [-0.25, -0.2) is 0 Å². The Morgan fingerprint density at radius 2 is 1.00 bits per heavy atom. The van der Waals surface area contributed by atoms with E-state index in [-0.39, 0.29) is 0 Å². The van der Waals surface area contributed by atoms with Gasteiger partial charge in [0.1, 0.15) is 0 Å². The molecule has 8 rings (SSSR count). The second kappa shape index (κ2) is 9.18. The van der Waals surface area contributed by atoms with Crippen molar-refractivity contribution in [3.05, 3.63) is 152 Å². The second-order valence-electron chi connectivity index (χ2n) is 10.3. The molecule has 0 saturated carbocycles. The number of benzene rings is 7. The Kier molecular flexibility index (Phi) is 5.21. The van der Waals surface area contributed by atoms with Crippen LogP contribution in [-0.2, 0) is 0 Å². The number of hydrogen-bond donors (Lipinski definition) is 0. The molecule has 1 heterocycles. The molecule has 0 aliphatic heterocycles. The smallest absolute Gasteiger partial charge is 0.0708 e. The van der Waals surface area contributed by atoms with Crippen LogP contribution in [0.5, 0.6) is 0 Å². The van der Waals surface area contributed by atoms with E-state index >= 15 is 0 Å². The van der Waals surface area contributed by atoms with Gasteiger partial charge in [0.15, 0.2) is 0 Å². The average molecular weight is 508 g/mol. The van der Waals surface area contributed by atoms with Crippen molar-refractivity contribution in [2.75, 3.05) is 0 Å². The highest BCUT2D eigenvalue weighted by Crippen LogP contribution is 2.47. The number of nitrogens with zero attached hydrogens (tertiary/aromatic N) is 1. The zero-order chi connectivity index (χ0) is 26.5. The minimum atomic E-state index is 1.01. The third-order valence-electron chi connectivity index (χ3n) is 8.08. The van der Waals surface area contributed by atoms with Crippen molar-refractivity contribution < 1.29 is 0 Å². The molecular formula is C39H25N. The summed E-state index contributed by atoms with van der Waals surface area (Å²) < 4.78 is 0. The summed E-state index contributed by atoms with van der Waals surface area (Å²) in [5.41, 5.74) is 8.37. The predicted octanol–water partition coefficient (Wildman–Crippen LogP) is 10.7. The maximum Gasteiger partial charge on any atom is 0.0708 e. The van der Waals surface area contributed by atoms with Gasteiger partial charge in [0.25, 0.3) is 0 Å². The lowest BCUT2D eigenvalue weighted by Gasteiger charge is -2.20. The van der Waals surface area contributed by atoms with E-state index in [0.717, 1.165) is 5.52 Å². The van der Waals surface area contributed by atoms with Gasteiger partial charge in [-0.05, 0) is 67.1 Å². The van der Waals surface area contributed by atoms with E-state index in [0.29, 0.717) is 0 Å². The van der Waals surface area contributed by atoms with Crippen LogP contribution in [-0.4, -0.2) is 4.98 Å². The van der Waals surface area contributed by atoms with Crippen molar-refractivity contribution in [2.45, 2.75) is 0 Å². The van der Waals surface area contributed by atoms with Crippen LogP contribution in [0.15, 0.2) is 152 Å². The summed E-state index contributed by atoms with van der Waals surface area (Å²) in [7, 11) is 0. The molecule has 0 radical (unpaired) electrons. The van der Waals surface area contributed by atoms with Crippen LogP contribution in [0, 0.1) is 0 Å². The number of pyridine rings is 1. The maximum absolute atomic E-state index is 4.99. The van der Waals surface area contributed by atoms with Crippen molar-refractivity contribution in [2.24, 2.45) is 0 Å². The zero-order valence-corrected chi connectivity index (χ0v) is 21.9. The summed E-state index contributed by atoms with van der Waals surface area (Å²) in [5.74, 6) is 0. The summed E-state index contributed by atoms with van der Waals surface area (Å²) in [6, 6.07) is 52.3. The van der Waals surface area contributed by atoms with Crippen LogP contribution < -0.4 is 0 Å². The van der Waals surface area contributed by atoms with Crippen LogP contribution in [0.25, 0.3) is 76.6 Å². The lowest BCUT2D eigenvalue weighted by atomic mass is 9.83. The monoisotopic (exact) mass is 507 g/mol. The fourth-order valence-corrected chi connectivity index (χ4v) is 6.30. The molecule has 40 heavy (non-hydrogen) atoms. The summed E-state index contributed by atoms with van der Waals surface area (Å²) in [5, 5.41) is 8.57. The molecule has 1 heteroatoms.